The summed E-state index contributed by atoms with van der Waals surface area (Å²) in [6.45, 7) is 2.78. The Bertz CT molecular complexity index is 275. The van der Waals surface area contributed by atoms with E-state index in [-0.39, 0.29) is 23.3 Å². The number of hydrogen-bond donors (Lipinski definition) is 0. The summed E-state index contributed by atoms with van der Waals surface area (Å²) in [5.41, 5.74) is 0.131. The zero-order valence-corrected chi connectivity index (χ0v) is 5.82. The molecule has 10 heavy (non-hydrogen) atoms. The van der Waals surface area contributed by atoms with E-state index in [9.17, 15) is 9.59 Å². The SMILES string of the molecule is [2H]C1=C(C)C(=O)C([2H])=C(C)C1=O. The molecule has 0 aromatic heterocycles. The van der Waals surface area contributed by atoms with Gasteiger partial charge in [0.1, 0.15) is 0 Å². The lowest BCUT2D eigenvalue weighted by Gasteiger charge is -2.03. The molecule has 1 aliphatic carbocycles. The van der Waals surface area contributed by atoms with Crippen LogP contribution in [0.2, 0.25) is 0 Å². The van der Waals surface area contributed by atoms with Gasteiger partial charge in [-0.25, -0.2) is 0 Å². The molecule has 0 saturated heterocycles. The van der Waals surface area contributed by atoms with Crippen molar-refractivity contribution in [2.45, 2.75) is 13.8 Å². The Kier molecular flexibility index (Phi) is 1.02. The van der Waals surface area contributed by atoms with Gasteiger partial charge in [0.15, 0.2) is 11.6 Å². The van der Waals surface area contributed by atoms with E-state index in [0.717, 1.165) is 0 Å². The molecule has 0 fully saturated rings. The van der Waals surface area contributed by atoms with E-state index in [0.29, 0.717) is 0 Å². The van der Waals surface area contributed by atoms with Gasteiger partial charge in [-0.2, -0.15) is 0 Å². The summed E-state index contributed by atoms with van der Waals surface area (Å²) < 4.78 is 14.5. The van der Waals surface area contributed by atoms with E-state index in [4.69, 9.17) is 2.74 Å². The second-order valence-electron chi connectivity index (χ2n) is 2.16. The van der Waals surface area contributed by atoms with Crippen LogP contribution >= 0.6 is 0 Å². The molecule has 0 saturated carbocycles. The van der Waals surface area contributed by atoms with Crippen LogP contribution < -0.4 is 0 Å². The lowest BCUT2D eigenvalue weighted by molar-refractivity contribution is -0.115. The Hall–Kier alpha value is -1.18. The Morgan fingerprint density at radius 1 is 1.10 bits per heavy atom. The molecule has 0 heterocycles. The largest absolute Gasteiger partial charge is 0.290 e. The van der Waals surface area contributed by atoms with Gasteiger partial charge < -0.3 is 0 Å². The normalized spacial score (nSPS) is 23.4. The van der Waals surface area contributed by atoms with Gasteiger partial charge in [-0.15, -0.1) is 0 Å². The van der Waals surface area contributed by atoms with Crippen molar-refractivity contribution >= 4 is 11.6 Å². The molecule has 0 bridgehead atoms. The highest BCUT2D eigenvalue weighted by Gasteiger charge is 2.12. The molecule has 0 aromatic rings. The van der Waals surface area contributed by atoms with Crippen LogP contribution in [0.25, 0.3) is 0 Å². The maximum absolute atomic E-state index is 11.1. The van der Waals surface area contributed by atoms with E-state index in [1.807, 2.05) is 0 Å². The number of allylic oxidation sites excluding steroid dienone is 4. The minimum atomic E-state index is -0.517. The van der Waals surface area contributed by atoms with Crippen LogP contribution in [-0.2, 0) is 9.59 Å². The molecule has 1 rings (SSSR count). The Morgan fingerprint density at radius 3 is 1.70 bits per heavy atom. The lowest BCUT2D eigenvalue weighted by Crippen LogP contribution is -2.08. The van der Waals surface area contributed by atoms with Crippen LogP contribution in [0.5, 0.6) is 0 Å². The minimum absolute atomic E-state index is 0.0654. The standard InChI is InChI=1S/C8H8O2/c1-5-3-8(10)6(2)4-7(5)9/h3-4H,1-2H3/i3D,4D. The van der Waals surface area contributed by atoms with Gasteiger partial charge in [0.05, 0.1) is 2.74 Å². The van der Waals surface area contributed by atoms with Crippen LogP contribution in [0.15, 0.2) is 23.3 Å². The van der Waals surface area contributed by atoms with E-state index >= 15 is 0 Å². The fourth-order valence-electron chi connectivity index (χ4n) is 0.642. The highest BCUT2D eigenvalue weighted by Crippen LogP contribution is 2.09. The molecule has 0 aromatic carbocycles. The van der Waals surface area contributed by atoms with E-state index < -0.39 is 11.6 Å². The second kappa shape index (κ2) is 2.21. The van der Waals surface area contributed by atoms with Crippen LogP contribution in [-0.4, -0.2) is 11.6 Å². The molecule has 1 aliphatic rings. The summed E-state index contributed by atoms with van der Waals surface area (Å²) in [6, 6.07) is -0.568. The number of hydrogen-bond acceptors (Lipinski definition) is 2. The Morgan fingerprint density at radius 2 is 1.40 bits per heavy atom. The maximum Gasteiger partial charge on any atom is 0.182 e. The first-order valence-electron chi connectivity index (χ1n) is 3.91. The van der Waals surface area contributed by atoms with Gasteiger partial charge in [0.25, 0.3) is 0 Å². The molecule has 0 amide bonds. The third-order valence-corrected chi connectivity index (χ3v) is 1.28. The van der Waals surface area contributed by atoms with Crippen molar-refractivity contribution in [3.8, 4) is 0 Å². The molecule has 0 unspecified atom stereocenters. The fourth-order valence-corrected chi connectivity index (χ4v) is 0.642. The van der Waals surface area contributed by atoms with Crippen molar-refractivity contribution in [3.63, 3.8) is 0 Å². The zero-order chi connectivity index (χ0) is 9.46. The molecule has 0 aliphatic heterocycles. The van der Waals surface area contributed by atoms with Gasteiger partial charge in [0.2, 0.25) is 0 Å². The molecule has 0 spiro atoms. The molecule has 52 valence electrons. The van der Waals surface area contributed by atoms with Gasteiger partial charge in [-0.1, -0.05) is 0 Å². The van der Waals surface area contributed by atoms with Crippen molar-refractivity contribution in [1.82, 2.24) is 0 Å². The van der Waals surface area contributed by atoms with Crippen molar-refractivity contribution in [2.75, 3.05) is 0 Å². The van der Waals surface area contributed by atoms with Crippen molar-refractivity contribution < 1.29 is 12.3 Å². The molecule has 0 atom stereocenters. The summed E-state index contributed by atoms with van der Waals surface area (Å²) in [5, 5.41) is 0. The monoisotopic (exact) mass is 138 g/mol. The maximum atomic E-state index is 11.1. The first-order chi connectivity index (χ1) is 5.46. The molecular formula is C8H8O2. The quantitative estimate of drug-likeness (QED) is 0.468. The topological polar surface area (TPSA) is 34.1 Å². The van der Waals surface area contributed by atoms with Crippen LogP contribution in [0.4, 0.5) is 0 Å². The van der Waals surface area contributed by atoms with E-state index in [2.05, 4.69) is 0 Å². The van der Waals surface area contributed by atoms with Crippen LogP contribution in [0, 0.1) is 0 Å². The van der Waals surface area contributed by atoms with Crippen LogP contribution in [0.1, 0.15) is 16.6 Å². The number of ketones is 2. The third kappa shape index (κ3) is 1.05. The molecular weight excluding hydrogens is 128 g/mol. The van der Waals surface area contributed by atoms with Crippen LogP contribution in [0.3, 0.4) is 0 Å². The smallest absolute Gasteiger partial charge is 0.182 e. The first kappa shape index (κ1) is 4.61. The first-order valence-corrected chi connectivity index (χ1v) is 2.91. The van der Waals surface area contributed by atoms with E-state index in [1.54, 1.807) is 0 Å². The number of carbonyl (C=O) groups is 2. The fraction of sp³-hybridized carbons (Fsp3) is 0.250. The minimum Gasteiger partial charge on any atom is -0.290 e. The van der Waals surface area contributed by atoms with Gasteiger partial charge >= 0.3 is 0 Å². The summed E-state index contributed by atoms with van der Waals surface area (Å²) in [6.07, 6.45) is 0. The number of carbonyl (C=O) groups excluding carboxylic acids is 2. The van der Waals surface area contributed by atoms with Crippen molar-refractivity contribution in [3.05, 3.63) is 23.3 Å². The zero-order valence-electron chi connectivity index (χ0n) is 7.82. The predicted octanol–water partition coefficient (Wildman–Crippen LogP) is 1.03. The Balaban J connectivity index is 3.32. The second-order valence-corrected chi connectivity index (χ2v) is 2.16. The summed E-state index contributed by atoms with van der Waals surface area (Å²) in [5.74, 6) is -1.03. The lowest BCUT2D eigenvalue weighted by atomic mass is 10.00. The highest BCUT2D eigenvalue weighted by atomic mass is 16.1. The van der Waals surface area contributed by atoms with Crippen molar-refractivity contribution in [1.29, 1.82) is 0 Å². The van der Waals surface area contributed by atoms with Gasteiger partial charge in [-0.3, -0.25) is 9.59 Å². The van der Waals surface area contributed by atoms with Crippen molar-refractivity contribution in [2.24, 2.45) is 0 Å². The summed E-state index contributed by atoms with van der Waals surface area (Å²) in [7, 11) is 0. The van der Waals surface area contributed by atoms with E-state index in [1.165, 1.54) is 13.8 Å². The van der Waals surface area contributed by atoms with Gasteiger partial charge in [-0.05, 0) is 26.0 Å². The molecule has 0 radical (unpaired) electrons. The molecule has 2 heteroatoms. The Labute approximate surface area is 62.0 Å². The predicted molar refractivity (Wildman–Crippen MR) is 37.5 cm³/mol. The average molecular weight is 138 g/mol. The summed E-state index contributed by atoms with van der Waals surface area (Å²) in [4.78, 5) is 22.2. The molecule has 2 nitrogen and oxygen atoms in total. The van der Waals surface area contributed by atoms with Gasteiger partial charge in [0, 0.05) is 11.1 Å². The number of rotatable bonds is 0. The third-order valence-electron chi connectivity index (χ3n) is 1.28. The summed E-state index contributed by atoms with van der Waals surface area (Å²) >= 11 is 0. The highest BCUT2D eigenvalue weighted by molar-refractivity contribution is 6.19. The average Bonchev–Trinajstić information content (AvgIpc) is 2.08. The molecule has 0 N–H and O–H groups in total.